The van der Waals surface area contributed by atoms with Gasteiger partial charge in [-0.15, -0.1) is 24.0 Å². The van der Waals surface area contributed by atoms with Crippen LogP contribution in [-0.2, 0) is 13.0 Å². The standard InChI is InChI=1S/C19H25N3O2.HI/c1-14-5-4-6-15(11-14)13-22-19(20-2)21-10-9-16-7-8-17(24-3)12-18(16)23;/h4-8,11-12,23H,9-10,13H2,1-3H3,(H2,20,21,22);1H. The maximum absolute atomic E-state index is 9.97. The molecule has 2 rings (SSSR count). The Bertz CT molecular complexity index is 705. The van der Waals surface area contributed by atoms with Gasteiger partial charge in [0.05, 0.1) is 7.11 Å². The molecule has 0 heterocycles. The van der Waals surface area contributed by atoms with E-state index < -0.39 is 0 Å². The number of phenols is 1. The minimum Gasteiger partial charge on any atom is -0.508 e. The maximum atomic E-state index is 9.97. The molecule has 0 bridgehead atoms. The summed E-state index contributed by atoms with van der Waals surface area (Å²) >= 11 is 0. The Kier molecular flexibility index (Phi) is 9.12. The number of halogens is 1. The van der Waals surface area contributed by atoms with Crippen LogP contribution in [0.25, 0.3) is 0 Å². The van der Waals surface area contributed by atoms with E-state index >= 15 is 0 Å². The van der Waals surface area contributed by atoms with Gasteiger partial charge < -0.3 is 20.5 Å². The molecule has 0 fully saturated rings. The Labute approximate surface area is 166 Å². The van der Waals surface area contributed by atoms with Gasteiger partial charge in [0.15, 0.2) is 5.96 Å². The molecule has 0 aliphatic carbocycles. The van der Waals surface area contributed by atoms with Crippen molar-refractivity contribution in [1.29, 1.82) is 0 Å². The molecule has 0 unspecified atom stereocenters. The smallest absolute Gasteiger partial charge is 0.191 e. The van der Waals surface area contributed by atoms with Gasteiger partial charge in [0.2, 0.25) is 0 Å². The Morgan fingerprint density at radius 3 is 2.60 bits per heavy atom. The van der Waals surface area contributed by atoms with E-state index in [1.807, 2.05) is 12.1 Å². The number of methoxy groups -OCH3 is 1. The van der Waals surface area contributed by atoms with E-state index in [1.165, 1.54) is 11.1 Å². The molecule has 0 aliphatic heterocycles. The third-order valence-electron chi connectivity index (χ3n) is 3.75. The number of aryl methyl sites for hydroxylation is 1. The molecule has 6 heteroatoms. The molecule has 136 valence electrons. The Hall–Kier alpha value is -1.96. The predicted molar refractivity (Wildman–Crippen MR) is 113 cm³/mol. The SMILES string of the molecule is CN=C(NCCc1ccc(OC)cc1O)NCc1cccc(C)c1.I. The van der Waals surface area contributed by atoms with Gasteiger partial charge in [-0.25, -0.2) is 0 Å². The first-order valence-electron chi connectivity index (χ1n) is 7.98. The first-order chi connectivity index (χ1) is 11.6. The monoisotopic (exact) mass is 455 g/mol. The molecule has 0 saturated heterocycles. The minimum absolute atomic E-state index is 0. The molecule has 0 radical (unpaired) electrons. The van der Waals surface area contributed by atoms with Crippen LogP contribution in [0.15, 0.2) is 47.5 Å². The number of nitrogens with one attached hydrogen (secondary N) is 2. The third kappa shape index (κ3) is 6.81. The fourth-order valence-electron chi connectivity index (χ4n) is 2.43. The molecule has 0 aromatic heterocycles. The van der Waals surface area contributed by atoms with Gasteiger partial charge in [-0.3, -0.25) is 4.99 Å². The summed E-state index contributed by atoms with van der Waals surface area (Å²) in [6.45, 7) is 3.47. The summed E-state index contributed by atoms with van der Waals surface area (Å²) in [4.78, 5) is 4.22. The Morgan fingerprint density at radius 2 is 1.96 bits per heavy atom. The van der Waals surface area contributed by atoms with E-state index in [2.05, 4.69) is 46.8 Å². The normalized spacial score (nSPS) is 10.8. The van der Waals surface area contributed by atoms with Gasteiger partial charge in [0, 0.05) is 26.2 Å². The minimum atomic E-state index is 0. The zero-order valence-electron chi connectivity index (χ0n) is 14.9. The molecule has 5 nitrogen and oxygen atoms in total. The Morgan fingerprint density at radius 1 is 1.16 bits per heavy atom. The number of guanidine groups is 1. The van der Waals surface area contributed by atoms with Gasteiger partial charge in [-0.2, -0.15) is 0 Å². The van der Waals surface area contributed by atoms with Gasteiger partial charge in [0.25, 0.3) is 0 Å². The van der Waals surface area contributed by atoms with Crippen molar-refractivity contribution in [2.45, 2.75) is 19.9 Å². The van der Waals surface area contributed by atoms with Crippen LogP contribution in [0.3, 0.4) is 0 Å². The molecule has 2 aromatic carbocycles. The summed E-state index contributed by atoms with van der Waals surface area (Å²) < 4.78 is 5.09. The van der Waals surface area contributed by atoms with Crippen LogP contribution in [0.5, 0.6) is 11.5 Å². The van der Waals surface area contributed by atoms with Crippen LogP contribution in [0, 0.1) is 6.92 Å². The fourth-order valence-corrected chi connectivity index (χ4v) is 2.43. The van der Waals surface area contributed by atoms with Crippen molar-refractivity contribution < 1.29 is 9.84 Å². The molecule has 0 aliphatic rings. The molecular weight excluding hydrogens is 429 g/mol. The third-order valence-corrected chi connectivity index (χ3v) is 3.75. The molecular formula is C19H26IN3O2. The second-order valence-electron chi connectivity index (χ2n) is 5.59. The van der Waals surface area contributed by atoms with Crippen molar-refractivity contribution in [1.82, 2.24) is 10.6 Å². The Balaban J connectivity index is 0.00000312. The van der Waals surface area contributed by atoms with Crippen molar-refractivity contribution in [3.8, 4) is 11.5 Å². The number of nitrogens with zero attached hydrogens (tertiary/aromatic N) is 1. The van der Waals surface area contributed by atoms with Crippen molar-refractivity contribution in [3.63, 3.8) is 0 Å². The number of aromatic hydroxyl groups is 1. The lowest BCUT2D eigenvalue weighted by molar-refractivity contribution is 0.406. The van der Waals surface area contributed by atoms with Crippen LogP contribution < -0.4 is 15.4 Å². The van der Waals surface area contributed by atoms with E-state index in [9.17, 15) is 5.11 Å². The largest absolute Gasteiger partial charge is 0.508 e. The summed E-state index contributed by atoms with van der Waals surface area (Å²) in [6, 6.07) is 13.7. The molecule has 0 spiro atoms. The number of hydrogen-bond acceptors (Lipinski definition) is 3. The van der Waals surface area contributed by atoms with Crippen molar-refractivity contribution in [2.75, 3.05) is 20.7 Å². The second kappa shape index (κ2) is 10.8. The quantitative estimate of drug-likeness (QED) is 0.356. The molecule has 25 heavy (non-hydrogen) atoms. The van der Waals surface area contributed by atoms with E-state index in [0.717, 1.165) is 18.1 Å². The molecule has 3 N–H and O–H groups in total. The zero-order valence-corrected chi connectivity index (χ0v) is 17.2. The molecule has 0 saturated carbocycles. The van der Waals surface area contributed by atoms with E-state index in [4.69, 9.17) is 4.74 Å². The van der Waals surface area contributed by atoms with Crippen molar-refractivity contribution in [2.24, 2.45) is 4.99 Å². The second-order valence-corrected chi connectivity index (χ2v) is 5.59. The fraction of sp³-hybridized carbons (Fsp3) is 0.316. The zero-order chi connectivity index (χ0) is 17.4. The van der Waals surface area contributed by atoms with Crippen LogP contribution in [0.4, 0.5) is 0 Å². The summed E-state index contributed by atoms with van der Waals surface area (Å²) in [5.41, 5.74) is 3.33. The van der Waals surface area contributed by atoms with Crippen LogP contribution in [-0.4, -0.2) is 31.8 Å². The highest BCUT2D eigenvalue weighted by molar-refractivity contribution is 14.0. The van der Waals surface area contributed by atoms with Crippen LogP contribution >= 0.6 is 24.0 Å². The lowest BCUT2D eigenvalue weighted by Gasteiger charge is -2.13. The average Bonchev–Trinajstić information content (AvgIpc) is 2.59. The highest BCUT2D eigenvalue weighted by Gasteiger charge is 2.04. The first-order valence-corrected chi connectivity index (χ1v) is 7.98. The molecule has 0 atom stereocenters. The lowest BCUT2D eigenvalue weighted by Crippen LogP contribution is -2.37. The number of benzene rings is 2. The molecule has 0 amide bonds. The van der Waals surface area contributed by atoms with Crippen LogP contribution in [0.1, 0.15) is 16.7 Å². The van der Waals surface area contributed by atoms with Crippen molar-refractivity contribution in [3.05, 3.63) is 59.2 Å². The number of aliphatic imine (C=N–C) groups is 1. The summed E-state index contributed by atoms with van der Waals surface area (Å²) in [7, 11) is 3.33. The lowest BCUT2D eigenvalue weighted by atomic mass is 10.1. The number of hydrogen-bond donors (Lipinski definition) is 3. The average molecular weight is 455 g/mol. The molecule has 2 aromatic rings. The van der Waals surface area contributed by atoms with Crippen LogP contribution in [0.2, 0.25) is 0 Å². The van der Waals surface area contributed by atoms with Crippen molar-refractivity contribution >= 4 is 29.9 Å². The number of rotatable bonds is 6. The topological polar surface area (TPSA) is 65.9 Å². The van der Waals surface area contributed by atoms with Gasteiger partial charge >= 0.3 is 0 Å². The number of phenolic OH excluding ortho intramolecular Hbond substituents is 1. The highest BCUT2D eigenvalue weighted by Crippen LogP contribution is 2.23. The van der Waals surface area contributed by atoms with E-state index in [-0.39, 0.29) is 29.7 Å². The summed E-state index contributed by atoms with van der Waals surface area (Å²) in [5.74, 6) is 1.64. The van der Waals surface area contributed by atoms with E-state index in [0.29, 0.717) is 18.7 Å². The number of ether oxygens (including phenoxy) is 1. The van der Waals surface area contributed by atoms with Gasteiger partial charge in [-0.1, -0.05) is 35.9 Å². The predicted octanol–water partition coefficient (Wildman–Crippen LogP) is 3.23. The summed E-state index contributed by atoms with van der Waals surface area (Å²) in [6.07, 6.45) is 0.695. The summed E-state index contributed by atoms with van der Waals surface area (Å²) in [5, 5.41) is 16.5. The van der Waals surface area contributed by atoms with Gasteiger partial charge in [-0.05, 0) is 30.5 Å². The van der Waals surface area contributed by atoms with E-state index in [1.54, 1.807) is 20.2 Å². The first kappa shape index (κ1) is 21.1. The van der Waals surface area contributed by atoms with Gasteiger partial charge in [0.1, 0.15) is 11.5 Å². The highest BCUT2D eigenvalue weighted by atomic mass is 127. The maximum Gasteiger partial charge on any atom is 0.191 e.